The molecule has 4 nitrogen and oxygen atoms in total. The maximum atomic E-state index is 10.9. The highest BCUT2D eigenvalue weighted by Gasteiger charge is 2.25. The molecule has 2 heterocycles. The van der Waals surface area contributed by atoms with Crippen LogP contribution in [0.2, 0.25) is 0 Å². The molecule has 1 aliphatic heterocycles. The molecule has 0 atom stereocenters. The van der Waals surface area contributed by atoms with Crippen LogP contribution in [0.15, 0.2) is 35.8 Å². The fourth-order valence-corrected chi connectivity index (χ4v) is 1.85. The van der Waals surface area contributed by atoms with Crippen molar-refractivity contribution in [3.8, 4) is 0 Å². The zero-order valence-electron chi connectivity index (χ0n) is 9.14. The maximum absolute atomic E-state index is 10.9. The fraction of sp³-hybridized carbons (Fsp3) is 0.0833. The van der Waals surface area contributed by atoms with E-state index < -0.39 is 0 Å². The topological polar surface area (TPSA) is 59.1 Å². The standard InChI is InChI=1S/C8H5NO2.C4H5NS/c10-7-5-3-1-2-4-6(5)8(11)9-7;1-4-5-2-3-6-4/h1-4H,(H,9,10,11);2-3H,1H3. The summed E-state index contributed by atoms with van der Waals surface area (Å²) in [6.45, 7) is 1.99. The Hall–Kier alpha value is -2.01. The molecule has 0 fully saturated rings. The number of benzene rings is 1. The molecule has 17 heavy (non-hydrogen) atoms. The summed E-state index contributed by atoms with van der Waals surface area (Å²) in [6.07, 6.45) is 1.81. The quantitative estimate of drug-likeness (QED) is 0.723. The van der Waals surface area contributed by atoms with Crippen molar-refractivity contribution >= 4 is 23.2 Å². The Morgan fingerprint density at radius 1 is 1.12 bits per heavy atom. The molecule has 86 valence electrons. The summed E-state index contributed by atoms with van der Waals surface area (Å²) >= 11 is 1.67. The number of aromatic nitrogens is 1. The smallest absolute Gasteiger partial charge is 0.258 e. The second-order valence-electron chi connectivity index (χ2n) is 3.38. The second kappa shape index (κ2) is 4.88. The summed E-state index contributed by atoms with van der Waals surface area (Å²) < 4.78 is 0. The summed E-state index contributed by atoms with van der Waals surface area (Å²) in [5.74, 6) is -0.601. The Morgan fingerprint density at radius 2 is 1.71 bits per heavy atom. The average Bonchev–Trinajstić information content (AvgIpc) is 2.90. The first-order valence-electron chi connectivity index (χ1n) is 4.99. The summed E-state index contributed by atoms with van der Waals surface area (Å²) in [7, 11) is 0. The molecule has 0 unspecified atom stereocenters. The van der Waals surface area contributed by atoms with Gasteiger partial charge in [0.15, 0.2) is 0 Å². The van der Waals surface area contributed by atoms with Gasteiger partial charge in [-0.1, -0.05) is 12.1 Å². The van der Waals surface area contributed by atoms with Crippen LogP contribution in [-0.2, 0) is 0 Å². The zero-order chi connectivity index (χ0) is 12.3. The van der Waals surface area contributed by atoms with Crippen LogP contribution >= 0.6 is 11.3 Å². The number of imide groups is 1. The van der Waals surface area contributed by atoms with Gasteiger partial charge in [0.1, 0.15) is 0 Å². The van der Waals surface area contributed by atoms with Gasteiger partial charge in [0, 0.05) is 11.6 Å². The van der Waals surface area contributed by atoms with Crippen molar-refractivity contribution in [1.82, 2.24) is 10.3 Å². The predicted octanol–water partition coefficient (Wildman–Crippen LogP) is 2.02. The van der Waals surface area contributed by atoms with Crippen molar-refractivity contribution in [1.29, 1.82) is 0 Å². The van der Waals surface area contributed by atoms with E-state index in [1.54, 1.807) is 41.8 Å². The molecule has 1 N–H and O–H groups in total. The third kappa shape index (κ3) is 2.57. The highest BCUT2D eigenvalue weighted by molar-refractivity contribution is 7.09. The van der Waals surface area contributed by atoms with Crippen molar-refractivity contribution in [2.75, 3.05) is 0 Å². The van der Waals surface area contributed by atoms with Gasteiger partial charge in [0.2, 0.25) is 0 Å². The molecule has 2 amide bonds. The lowest BCUT2D eigenvalue weighted by molar-refractivity contribution is 0.0879. The van der Waals surface area contributed by atoms with E-state index in [1.807, 2.05) is 12.3 Å². The summed E-state index contributed by atoms with van der Waals surface area (Å²) in [6, 6.07) is 6.74. The lowest BCUT2D eigenvalue weighted by Gasteiger charge is -1.88. The van der Waals surface area contributed by atoms with Gasteiger partial charge in [-0.25, -0.2) is 0 Å². The summed E-state index contributed by atoms with van der Waals surface area (Å²) in [4.78, 5) is 25.8. The second-order valence-corrected chi connectivity index (χ2v) is 4.48. The van der Waals surface area contributed by atoms with E-state index in [1.165, 1.54) is 0 Å². The third-order valence-corrected chi connectivity index (χ3v) is 2.90. The number of carbonyl (C=O) groups is 2. The van der Waals surface area contributed by atoms with E-state index in [0.717, 1.165) is 5.01 Å². The summed E-state index contributed by atoms with van der Waals surface area (Å²) in [5.41, 5.74) is 0.940. The van der Waals surface area contributed by atoms with Crippen LogP contribution in [0.5, 0.6) is 0 Å². The van der Waals surface area contributed by atoms with Crippen molar-refractivity contribution in [2.45, 2.75) is 6.92 Å². The van der Waals surface area contributed by atoms with E-state index in [9.17, 15) is 9.59 Å². The molecule has 2 aromatic rings. The number of amides is 2. The van der Waals surface area contributed by atoms with E-state index in [4.69, 9.17) is 0 Å². The summed E-state index contributed by atoms with van der Waals surface area (Å²) in [5, 5.41) is 5.31. The number of carbonyl (C=O) groups excluding carboxylic acids is 2. The minimum Gasteiger partial charge on any atom is -0.288 e. The average molecular weight is 246 g/mol. The lowest BCUT2D eigenvalue weighted by Crippen LogP contribution is -2.19. The molecule has 0 spiro atoms. The molecule has 0 radical (unpaired) electrons. The number of fused-ring (bicyclic) bond motifs is 1. The largest absolute Gasteiger partial charge is 0.288 e. The van der Waals surface area contributed by atoms with Gasteiger partial charge in [0.25, 0.3) is 11.8 Å². The van der Waals surface area contributed by atoms with Gasteiger partial charge in [-0.2, -0.15) is 0 Å². The molecule has 3 rings (SSSR count). The molecule has 0 aliphatic carbocycles. The van der Waals surface area contributed by atoms with E-state index in [0.29, 0.717) is 11.1 Å². The molecule has 0 saturated carbocycles. The van der Waals surface area contributed by atoms with Gasteiger partial charge < -0.3 is 0 Å². The molecule has 1 aromatic heterocycles. The van der Waals surface area contributed by atoms with Crippen LogP contribution in [0.3, 0.4) is 0 Å². The van der Waals surface area contributed by atoms with Gasteiger partial charge in [-0.3, -0.25) is 19.9 Å². The number of nitrogens with zero attached hydrogens (tertiary/aromatic N) is 1. The van der Waals surface area contributed by atoms with Crippen LogP contribution in [0.4, 0.5) is 0 Å². The number of rotatable bonds is 0. The maximum Gasteiger partial charge on any atom is 0.258 e. The molecule has 5 heteroatoms. The number of nitrogens with one attached hydrogen (secondary N) is 1. The van der Waals surface area contributed by atoms with Gasteiger partial charge >= 0.3 is 0 Å². The van der Waals surface area contributed by atoms with Crippen LogP contribution < -0.4 is 5.32 Å². The highest BCUT2D eigenvalue weighted by atomic mass is 32.1. The van der Waals surface area contributed by atoms with Gasteiger partial charge in [-0.15, -0.1) is 11.3 Å². The zero-order valence-corrected chi connectivity index (χ0v) is 9.95. The first-order chi connectivity index (χ1) is 8.18. The predicted molar refractivity (Wildman–Crippen MR) is 65.1 cm³/mol. The minimum atomic E-state index is -0.300. The number of hydrogen-bond acceptors (Lipinski definition) is 4. The van der Waals surface area contributed by atoms with Crippen LogP contribution in [0.25, 0.3) is 0 Å². The van der Waals surface area contributed by atoms with E-state index in [2.05, 4.69) is 10.3 Å². The number of thiazole rings is 1. The monoisotopic (exact) mass is 246 g/mol. The molecular formula is C12H10N2O2S. The number of aryl methyl sites for hydroxylation is 1. The Balaban J connectivity index is 0.000000153. The Labute approximate surface area is 102 Å². The first-order valence-corrected chi connectivity index (χ1v) is 5.87. The molecular weight excluding hydrogens is 236 g/mol. The van der Waals surface area contributed by atoms with Crippen molar-refractivity contribution in [3.05, 3.63) is 52.0 Å². The van der Waals surface area contributed by atoms with Crippen LogP contribution in [0.1, 0.15) is 25.7 Å². The lowest BCUT2D eigenvalue weighted by atomic mass is 10.1. The Bertz CT molecular complexity index is 516. The van der Waals surface area contributed by atoms with Crippen molar-refractivity contribution in [2.24, 2.45) is 0 Å². The SMILES string of the molecule is Cc1nccs1.O=C1NC(=O)c2ccccc21. The van der Waals surface area contributed by atoms with Crippen LogP contribution in [0, 0.1) is 6.92 Å². The highest BCUT2D eigenvalue weighted by Crippen LogP contribution is 2.13. The molecule has 0 saturated heterocycles. The van der Waals surface area contributed by atoms with Gasteiger partial charge in [-0.05, 0) is 19.1 Å². The number of hydrogen-bond donors (Lipinski definition) is 1. The normalized spacial score (nSPS) is 12.5. The van der Waals surface area contributed by atoms with Crippen molar-refractivity contribution < 1.29 is 9.59 Å². The third-order valence-electron chi connectivity index (χ3n) is 2.20. The first kappa shape index (κ1) is 11.5. The van der Waals surface area contributed by atoms with E-state index >= 15 is 0 Å². The minimum absolute atomic E-state index is 0.300. The fourth-order valence-electron chi connectivity index (χ4n) is 1.41. The molecule has 0 bridgehead atoms. The molecule has 1 aliphatic rings. The van der Waals surface area contributed by atoms with Crippen molar-refractivity contribution in [3.63, 3.8) is 0 Å². The van der Waals surface area contributed by atoms with Gasteiger partial charge in [0.05, 0.1) is 16.1 Å². The van der Waals surface area contributed by atoms with E-state index in [-0.39, 0.29) is 11.8 Å². The van der Waals surface area contributed by atoms with Crippen LogP contribution in [-0.4, -0.2) is 16.8 Å². The Morgan fingerprint density at radius 3 is 2.06 bits per heavy atom. The molecule has 1 aromatic carbocycles. The Kier molecular flexibility index (Phi) is 3.30.